The lowest BCUT2D eigenvalue weighted by Crippen LogP contribution is -1.44. The van der Waals surface area contributed by atoms with Crippen LogP contribution < -0.4 is 0 Å². The van der Waals surface area contributed by atoms with Crippen LogP contribution in [0.4, 0.5) is 0 Å². The Kier molecular flexibility index (Phi) is 31.5. The standard InChI is InChI=1S/C2H2O2.C2H2O/c3-1-2-4;1-2-3/h3-4H;1,3H. The molecule has 0 heterocycles. The number of aliphatic hydroxyl groups is 3. The Balaban J connectivity index is 0. The van der Waals surface area contributed by atoms with E-state index in [4.69, 9.17) is 15.3 Å². The van der Waals surface area contributed by atoms with Crippen molar-refractivity contribution in [3.63, 3.8) is 0 Å². The first-order valence-electron chi connectivity index (χ1n) is 1.21. The van der Waals surface area contributed by atoms with Crippen LogP contribution >= 0.6 is 0 Å². The molecule has 0 atom stereocenters. The summed E-state index contributed by atoms with van der Waals surface area (Å²) in [5, 5.41) is 21.6. The first kappa shape index (κ1) is 9.10. The molecule has 0 aliphatic carbocycles. The first-order chi connectivity index (χ1) is 3.33. The normalized spacial score (nSPS) is 2.71. The molecule has 0 unspecified atom stereocenters. The molecule has 0 amide bonds. The molecular weight excluding hydrogens is 96.0 g/mol. The van der Waals surface area contributed by atoms with E-state index in [2.05, 4.69) is 6.42 Å². The van der Waals surface area contributed by atoms with Crippen molar-refractivity contribution in [1.29, 1.82) is 0 Å². The van der Waals surface area contributed by atoms with Gasteiger partial charge in [0.2, 0.25) is 0 Å². The molecule has 0 bridgehead atoms. The molecule has 38 valence electrons. The molecule has 0 radical (unpaired) electrons. The summed E-state index contributed by atoms with van der Waals surface area (Å²) in [5.74, 6) is 0. The molecule has 0 spiro atoms. The van der Waals surface area contributed by atoms with Gasteiger partial charge in [0.1, 0.15) is 6.11 Å². The van der Waals surface area contributed by atoms with Gasteiger partial charge >= 0.3 is 0 Å². The van der Waals surface area contributed by atoms with Crippen molar-refractivity contribution < 1.29 is 15.3 Å². The Hall–Kier alpha value is -1.48. The predicted octanol–water partition coefficient (Wildman–Crippen LogP) is -0.401. The number of hydrogen-bond donors (Lipinski definition) is 3. The van der Waals surface area contributed by atoms with Gasteiger partial charge < -0.3 is 15.3 Å². The molecule has 3 heteroatoms. The highest BCUT2D eigenvalue weighted by atomic mass is 16.3. The third kappa shape index (κ3) is 125. The Morgan fingerprint density at radius 1 is 1.00 bits per heavy atom. The third-order valence-electron chi connectivity index (χ3n) is 0.0500. The van der Waals surface area contributed by atoms with E-state index in [9.17, 15) is 0 Å². The highest BCUT2D eigenvalue weighted by Gasteiger charge is 1.30. The van der Waals surface area contributed by atoms with E-state index in [1.165, 1.54) is 18.3 Å². The minimum absolute atomic E-state index is 1.24. The lowest BCUT2D eigenvalue weighted by Gasteiger charge is -1.44. The molecular formula is C4H4O3. The summed E-state index contributed by atoms with van der Waals surface area (Å²) in [6.45, 7) is 0. The number of terminal acetylenes is 1. The monoisotopic (exact) mass is 100 g/mol. The molecule has 0 rings (SSSR count). The van der Waals surface area contributed by atoms with Crippen LogP contribution in [0.3, 0.4) is 0 Å². The van der Waals surface area contributed by atoms with Gasteiger partial charge in [-0.2, -0.15) is 0 Å². The molecule has 0 saturated heterocycles. The highest BCUT2D eigenvalue weighted by Crippen LogP contribution is 1.24. The van der Waals surface area contributed by atoms with Crippen LogP contribution in [-0.2, 0) is 0 Å². The number of aliphatic hydroxyl groups excluding tert-OH is 3. The Morgan fingerprint density at radius 2 is 1.14 bits per heavy atom. The summed E-state index contributed by atoms with van der Waals surface area (Å²) >= 11 is 0. The molecule has 0 saturated carbocycles. The molecule has 3 N–H and O–H groups in total. The van der Waals surface area contributed by atoms with Gasteiger partial charge in [0.05, 0.1) is 0 Å². The average molecular weight is 100 g/mol. The lowest BCUT2D eigenvalue weighted by atomic mass is 11.2. The summed E-state index contributed by atoms with van der Waals surface area (Å²) in [4.78, 5) is 0. The summed E-state index contributed by atoms with van der Waals surface area (Å²) in [6.07, 6.45) is 7.88. The quantitative estimate of drug-likeness (QED) is 0.363. The van der Waals surface area contributed by atoms with E-state index in [0.29, 0.717) is 0 Å². The average Bonchev–Trinajstić information content (AvgIpc) is 1.69. The largest absolute Gasteiger partial charge is 0.462 e. The predicted molar refractivity (Wildman–Crippen MR) is 22.4 cm³/mol. The maximum atomic E-state index is 7.26. The Labute approximate surface area is 41.2 Å². The van der Waals surface area contributed by atoms with Crippen LogP contribution in [0.2, 0.25) is 0 Å². The second-order valence-electron chi connectivity index (χ2n) is 0.353. The van der Waals surface area contributed by atoms with E-state index in [-0.39, 0.29) is 0 Å². The summed E-state index contributed by atoms with van der Waals surface area (Å²) in [7, 11) is 0. The van der Waals surface area contributed by atoms with Crippen molar-refractivity contribution in [3.8, 4) is 24.7 Å². The van der Waals surface area contributed by atoms with E-state index in [1.807, 2.05) is 0 Å². The zero-order valence-corrected chi connectivity index (χ0v) is 3.42. The van der Waals surface area contributed by atoms with Gasteiger partial charge in [-0.1, -0.05) is 6.42 Å². The fourth-order valence-electron chi connectivity index (χ4n) is 0. The fourth-order valence-corrected chi connectivity index (χ4v) is 0. The van der Waals surface area contributed by atoms with Crippen molar-refractivity contribution in [2.24, 2.45) is 0 Å². The highest BCUT2D eigenvalue weighted by molar-refractivity contribution is 4.72. The number of rotatable bonds is 0. The van der Waals surface area contributed by atoms with Crippen LogP contribution in [0.5, 0.6) is 0 Å². The van der Waals surface area contributed by atoms with Gasteiger partial charge in [-0.05, 0) is 0 Å². The zero-order valence-electron chi connectivity index (χ0n) is 3.42. The van der Waals surface area contributed by atoms with Gasteiger partial charge in [-0.25, -0.2) is 0 Å². The minimum Gasteiger partial charge on any atom is -0.462 e. The second-order valence-corrected chi connectivity index (χ2v) is 0.353. The maximum absolute atomic E-state index is 7.26. The molecule has 3 nitrogen and oxygen atoms in total. The van der Waals surface area contributed by atoms with E-state index >= 15 is 0 Å². The van der Waals surface area contributed by atoms with Gasteiger partial charge in [0.15, 0.2) is 12.2 Å². The molecule has 0 aliphatic rings. The molecule has 0 aromatic rings. The smallest absolute Gasteiger partial charge is 0.152 e. The SMILES string of the molecule is C#CO.OC#CO. The molecule has 0 fully saturated rings. The van der Waals surface area contributed by atoms with Crippen molar-refractivity contribution in [2.75, 3.05) is 0 Å². The Bertz CT molecular complexity index is 94.3. The molecule has 0 aromatic heterocycles. The second kappa shape index (κ2) is 24.2. The van der Waals surface area contributed by atoms with Gasteiger partial charge in [0.25, 0.3) is 0 Å². The number of hydrogen-bond acceptors (Lipinski definition) is 3. The van der Waals surface area contributed by atoms with Crippen molar-refractivity contribution in [2.45, 2.75) is 0 Å². The van der Waals surface area contributed by atoms with Crippen LogP contribution in [-0.4, -0.2) is 15.3 Å². The molecule has 0 aliphatic heterocycles. The molecule has 0 aromatic carbocycles. The van der Waals surface area contributed by atoms with Gasteiger partial charge in [-0.15, -0.1) is 0 Å². The summed E-state index contributed by atoms with van der Waals surface area (Å²) < 4.78 is 0. The van der Waals surface area contributed by atoms with Crippen LogP contribution in [0.25, 0.3) is 0 Å². The van der Waals surface area contributed by atoms with Crippen LogP contribution in [0.15, 0.2) is 0 Å². The van der Waals surface area contributed by atoms with Crippen molar-refractivity contribution in [3.05, 3.63) is 0 Å². The van der Waals surface area contributed by atoms with Crippen LogP contribution in [0, 0.1) is 24.7 Å². The van der Waals surface area contributed by atoms with Gasteiger partial charge in [-0.3, -0.25) is 0 Å². The van der Waals surface area contributed by atoms with Crippen molar-refractivity contribution in [1.82, 2.24) is 0 Å². The van der Waals surface area contributed by atoms with Crippen molar-refractivity contribution >= 4 is 0 Å². The lowest BCUT2D eigenvalue weighted by molar-refractivity contribution is 0.471. The molecule has 7 heavy (non-hydrogen) atoms. The maximum Gasteiger partial charge on any atom is 0.152 e. The van der Waals surface area contributed by atoms with Crippen LogP contribution in [0.1, 0.15) is 0 Å². The third-order valence-corrected chi connectivity index (χ3v) is 0.0500. The fraction of sp³-hybridized carbons (Fsp3) is 0. The topological polar surface area (TPSA) is 60.7 Å². The van der Waals surface area contributed by atoms with Gasteiger partial charge in [0, 0.05) is 0 Å². The minimum atomic E-state index is 1.24. The summed E-state index contributed by atoms with van der Waals surface area (Å²) in [5.41, 5.74) is 0. The van der Waals surface area contributed by atoms with E-state index in [0.717, 1.165) is 0 Å². The Morgan fingerprint density at radius 3 is 1.14 bits per heavy atom. The van der Waals surface area contributed by atoms with E-state index < -0.39 is 0 Å². The zero-order chi connectivity index (χ0) is 6.12. The first-order valence-corrected chi connectivity index (χ1v) is 1.21. The van der Waals surface area contributed by atoms with E-state index in [1.54, 1.807) is 0 Å². The summed E-state index contributed by atoms with van der Waals surface area (Å²) in [6, 6.07) is 0.